The Balaban J connectivity index is 1.59. The zero-order valence-electron chi connectivity index (χ0n) is 16.3. The van der Waals surface area contributed by atoms with Crippen molar-refractivity contribution in [1.29, 1.82) is 0 Å². The van der Waals surface area contributed by atoms with Crippen LogP contribution < -0.4 is 10.2 Å². The highest BCUT2D eigenvalue weighted by molar-refractivity contribution is 7.10. The van der Waals surface area contributed by atoms with Crippen LogP contribution >= 0.6 is 11.3 Å². The Bertz CT molecular complexity index is 964. The number of aliphatic hydroxyl groups is 1. The molecule has 1 aliphatic heterocycles. The van der Waals surface area contributed by atoms with Gasteiger partial charge < -0.3 is 15.3 Å². The first-order chi connectivity index (χ1) is 14.1. The molecule has 2 N–H and O–H groups in total. The van der Waals surface area contributed by atoms with Gasteiger partial charge in [-0.25, -0.2) is 4.98 Å². The first-order valence-electron chi connectivity index (χ1n) is 9.67. The van der Waals surface area contributed by atoms with E-state index in [1.54, 1.807) is 23.7 Å². The van der Waals surface area contributed by atoms with Crippen molar-refractivity contribution in [2.24, 2.45) is 0 Å². The van der Waals surface area contributed by atoms with Crippen molar-refractivity contribution in [3.8, 4) is 0 Å². The summed E-state index contributed by atoms with van der Waals surface area (Å²) in [7, 11) is 0. The van der Waals surface area contributed by atoms with Crippen LogP contribution in [0.4, 0.5) is 5.82 Å². The van der Waals surface area contributed by atoms with Crippen molar-refractivity contribution in [2.75, 3.05) is 18.0 Å². The topological polar surface area (TPSA) is 78.4 Å². The lowest BCUT2D eigenvalue weighted by atomic mass is 9.78. The summed E-state index contributed by atoms with van der Waals surface area (Å²) in [5.74, 6) is 0.662. The fourth-order valence-corrected chi connectivity index (χ4v) is 4.60. The van der Waals surface area contributed by atoms with Crippen LogP contribution in [0.2, 0.25) is 0 Å². The van der Waals surface area contributed by atoms with Gasteiger partial charge in [-0.2, -0.15) is 0 Å². The minimum atomic E-state index is -0.830. The number of hydrogen-bond donors (Lipinski definition) is 2. The number of nitrogens with one attached hydrogen (secondary N) is 1. The minimum Gasteiger partial charge on any atom is -0.388 e. The fourth-order valence-electron chi connectivity index (χ4n) is 3.90. The van der Waals surface area contributed by atoms with E-state index in [2.05, 4.69) is 15.3 Å². The average molecular weight is 409 g/mol. The lowest BCUT2D eigenvalue weighted by Crippen LogP contribution is -2.62. The quantitative estimate of drug-likeness (QED) is 0.679. The molecule has 0 aliphatic carbocycles. The molecule has 0 saturated carbocycles. The number of carbonyl (C=O) groups is 1. The number of rotatable bonds is 5. The maximum atomic E-state index is 12.8. The molecule has 7 heteroatoms. The minimum absolute atomic E-state index is 0.0841. The van der Waals surface area contributed by atoms with E-state index in [9.17, 15) is 9.90 Å². The van der Waals surface area contributed by atoms with E-state index in [1.165, 1.54) is 0 Å². The number of thiophene rings is 1. The normalized spacial score (nSPS) is 21.7. The molecule has 0 spiro atoms. The highest BCUT2D eigenvalue weighted by Crippen LogP contribution is 2.35. The van der Waals surface area contributed by atoms with Crippen LogP contribution in [-0.2, 0) is 16.8 Å². The first-order valence-corrected chi connectivity index (χ1v) is 10.6. The summed E-state index contributed by atoms with van der Waals surface area (Å²) < 4.78 is 0. The van der Waals surface area contributed by atoms with Crippen LogP contribution in [0.5, 0.6) is 0 Å². The van der Waals surface area contributed by atoms with Gasteiger partial charge in [0, 0.05) is 24.2 Å². The molecule has 2 aromatic heterocycles. The molecule has 0 radical (unpaired) electrons. The van der Waals surface area contributed by atoms with Crippen molar-refractivity contribution >= 4 is 23.1 Å². The first kappa shape index (κ1) is 19.5. The maximum Gasteiger partial charge on any atom is 0.226 e. The fraction of sp³-hybridized carbons (Fsp3) is 0.318. The van der Waals surface area contributed by atoms with Gasteiger partial charge in [-0.3, -0.25) is 9.78 Å². The average Bonchev–Trinajstić information content (AvgIpc) is 3.23. The van der Waals surface area contributed by atoms with Crippen LogP contribution in [0, 0.1) is 6.92 Å². The lowest BCUT2D eigenvalue weighted by Gasteiger charge is -2.46. The predicted molar refractivity (Wildman–Crippen MR) is 114 cm³/mol. The number of aryl methyl sites for hydroxylation is 1. The molecule has 0 unspecified atom stereocenters. The molecule has 3 aromatic rings. The third-order valence-corrected chi connectivity index (χ3v) is 6.25. The Morgan fingerprint density at radius 1 is 1.28 bits per heavy atom. The molecule has 1 saturated heterocycles. The summed E-state index contributed by atoms with van der Waals surface area (Å²) in [5, 5.41) is 16.4. The standard InChI is InChI=1S/C22H24N4O2S/c1-16-13-23-14-20(24-16)26-10-9-22(19(27)15-26,17-6-3-2-4-7-17)25-21(28)12-18-8-5-11-29-18/h2-8,11,13-14,19,27H,9-10,12,15H2,1H3,(H,25,28)/t19-,22+/m1/s1. The van der Waals surface area contributed by atoms with Gasteiger partial charge in [0.15, 0.2) is 0 Å². The third kappa shape index (κ3) is 4.16. The molecule has 4 rings (SSSR count). The number of anilines is 1. The molecule has 1 aliphatic rings. The van der Waals surface area contributed by atoms with Crippen molar-refractivity contribution in [1.82, 2.24) is 15.3 Å². The SMILES string of the molecule is Cc1cncc(N2CC[C@](NC(=O)Cc3cccs3)(c3ccccc3)[C@H](O)C2)n1. The second kappa shape index (κ2) is 8.31. The summed E-state index contributed by atoms with van der Waals surface area (Å²) in [6.45, 7) is 2.92. The van der Waals surface area contributed by atoms with E-state index in [-0.39, 0.29) is 5.91 Å². The molecule has 1 fully saturated rings. The van der Waals surface area contributed by atoms with Gasteiger partial charge in [0.1, 0.15) is 5.82 Å². The number of piperidine rings is 1. The van der Waals surface area contributed by atoms with Crippen molar-refractivity contribution in [3.05, 3.63) is 76.4 Å². The van der Waals surface area contributed by atoms with E-state index in [0.29, 0.717) is 25.9 Å². The van der Waals surface area contributed by atoms with Crippen LogP contribution in [-0.4, -0.2) is 40.2 Å². The van der Waals surface area contributed by atoms with Crippen LogP contribution in [0.3, 0.4) is 0 Å². The maximum absolute atomic E-state index is 12.8. The number of β-amino-alcohol motifs (C(OH)–C–C–N with tert-alkyl or cyclic N) is 1. The Morgan fingerprint density at radius 3 is 2.79 bits per heavy atom. The number of nitrogens with zero attached hydrogens (tertiary/aromatic N) is 3. The molecule has 6 nitrogen and oxygen atoms in total. The number of carbonyl (C=O) groups excluding carboxylic acids is 1. The molecule has 3 heterocycles. The van der Waals surface area contributed by atoms with Crippen molar-refractivity contribution < 1.29 is 9.90 Å². The summed E-state index contributed by atoms with van der Waals surface area (Å²) >= 11 is 1.56. The Morgan fingerprint density at radius 2 is 2.10 bits per heavy atom. The molecule has 2 atom stereocenters. The summed E-state index contributed by atoms with van der Waals surface area (Å²) in [6.07, 6.45) is 3.53. The molecule has 29 heavy (non-hydrogen) atoms. The zero-order valence-corrected chi connectivity index (χ0v) is 17.1. The second-order valence-corrected chi connectivity index (χ2v) is 8.40. The number of amides is 1. The van der Waals surface area contributed by atoms with Crippen LogP contribution in [0.15, 0.2) is 60.2 Å². The predicted octanol–water partition coefficient (Wildman–Crippen LogP) is 2.67. The van der Waals surface area contributed by atoms with Gasteiger partial charge >= 0.3 is 0 Å². The van der Waals surface area contributed by atoms with E-state index in [0.717, 1.165) is 22.0 Å². The van der Waals surface area contributed by atoms with Gasteiger partial charge in [0.05, 0.1) is 30.0 Å². The number of aliphatic hydroxyl groups excluding tert-OH is 1. The van der Waals surface area contributed by atoms with E-state index >= 15 is 0 Å². The molecule has 1 amide bonds. The highest BCUT2D eigenvalue weighted by Gasteiger charge is 2.45. The number of aromatic nitrogens is 2. The van der Waals surface area contributed by atoms with Crippen LogP contribution in [0.25, 0.3) is 0 Å². The second-order valence-electron chi connectivity index (χ2n) is 7.37. The molecule has 150 valence electrons. The monoisotopic (exact) mass is 408 g/mol. The molecular weight excluding hydrogens is 384 g/mol. The van der Waals surface area contributed by atoms with Gasteiger partial charge in [0.25, 0.3) is 0 Å². The lowest BCUT2D eigenvalue weighted by molar-refractivity contribution is -0.124. The van der Waals surface area contributed by atoms with E-state index < -0.39 is 11.6 Å². The summed E-state index contributed by atoms with van der Waals surface area (Å²) in [4.78, 5) is 24.6. The molecule has 1 aromatic carbocycles. The Kier molecular flexibility index (Phi) is 5.60. The summed E-state index contributed by atoms with van der Waals surface area (Å²) in [6, 6.07) is 13.6. The van der Waals surface area contributed by atoms with E-state index in [4.69, 9.17) is 0 Å². The summed E-state index contributed by atoms with van der Waals surface area (Å²) in [5.41, 5.74) is 0.923. The van der Waals surface area contributed by atoms with Gasteiger partial charge in [-0.05, 0) is 30.4 Å². The van der Waals surface area contributed by atoms with Gasteiger partial charge in [0.2, 0.25) is 5.91 Å². The Labute approximate surface area is 174 Å². The zero-order chi connectivity index (χ0) is 20.3. The largest absolute Gasteiger partial charge is 0.388 e. The number of benzene rings is 1. The van der Waals surface area contributed by atoms with E-state index in [1.807, 2.05) is 59.7 Å². The van der Waals surface area contributed by atoms with Crippen LogP contribution in [0.1, 0.15) is 22.6 Å². The van der Waals surface area contributed by atoms with Gasteiger partial charge in [-0.15, -0.1) is 11.3 Å². The molecule has 0 bridgehead atoms. The van der Waals surface area contributed by atoms with Crippen molar-refractivity contribution in [2.45, 2.75) is 31.4 Å². The Hall–Kier alpha value is -2.77. The van der Waals surface area contributed by atoms with Gasteiger partial charge in [-0.1, -0.05) is 36.4 Å². The third-order valence-electron chi connectivity index (χ3n) is 5.37. The van der Waals surface area contributed by atoms with Crippen molar-refractivity contribution in [3.63, 3.8) is 0 Å². The number of hydrogen-bond acceptors (Lipinski definition) is 6. The highest BCUT2D eigenvalue weighted by atomic mass is 32.1. The smallest absolute Gasteiger partial charge is 0.226 e. The molecular formula is C22H24N4O2S.